The van der Waals surface area contributed by atoms with E-state index >= 15 is 0 Å². The molecule has 29 heavy (non-hydrogen) atoms. The molecule has 0 atom stereocenters. The summed E-state index contributed by atoms with van der Waals surface area (Å²) in [6.07, 6.45) is 4.42. The Bertz CT molecular complexity index is 851. The van der Waals surface area contributed by atoms with Gasteiger partial charge in [-0.25, -0.2) is 4.98 Å². The molecule has 0 unspecified atom stereocenters. The Morgan fingerprint density at radius 3 is 2.62 bits per heavy atom. The highest BCUT2D eigenvalue weighted by Crippen LogP contribution is 2.17. The van der Waals surface area contributed by atoms with Crippen LogP contribution in [-0.4, -0.2) is 47.4 Å². The van der Waals surface area contributed by atoms with E-state index in [4.69, 9.17) is 0 Å². The minimum absolute atomic E-state index is 0.0148. The largest absolute Gasteiger partial charge is 0.353 e. The standard InChI is InChI=1S/C22H28N4O2S/c1-16(2)8-11-26-12-9-18(10-13-26)23-20(27)14-19-15-29-22(24-19)25-21(28)17-6-4-3-5-7-17/h3-8,15,18H,9-14H2,1-2H3,(H,23,27)(H,24,25,28). The molecule has 2 amide bonds. The van der Waals surface area contributed by atoms with E-state index in [1.807, 2.05) is 23.6 Å². The molecule has 154 valence electrons. The smallest absolute Gasteiger partial charge is 0.257 e. The van der Waals surface area contributed by atoms with Crippen LogP contribution in [0, 0.1) is 0 Å². The summed E-state index contributed by atoms with van der Waals surface area (Å²) in [5.74, 6) is -0.213. The third-order valence-corrected chi connectivity index (χ3v) is 5.67. The van der Waals surface area contributed by atoms with Crippen molar-refractivity contribution < 1.29 is 9.59 Å². The zero-order chi connectivity index (χ0) is 20.6. The van der Waals surface area contributed by atoms with Gasteiger partial charge < -0.3 is 5.32 Å². The lowest BCUT2D eigenvalue weighted by Crippen LogP contribution is -2.45. The van der Waals surface area contributed by atoms with Gasteiger partial charge in [-0.1, -0.05) is 29.8 Å². The minimum Gasteiger partial charge on any atom is -0.353 e. The molecule has 2 N–H and O–H groups in total. The molecule has 1 aromatic carbocycles. The van der Waals surface area contributed by atoms with Gasteiger partial charge in [0, 0.05) is 36.6 Å². The molecule has 2 heterocycles. The Labute approximate surface area is 176 Å². The molecule has 1 aliphatic heterocycles. The van der Waals surface area contributed by atoms with Crippen molar-refractivity contribution >= 4 is 28.3 Å². The maximum atomic E-state index is 12.4. The minimum atomic E-state index is -0.198. The van der Waals surface area contributed by atoms with Crippen LogP contribution in [0.2, 0.25) is 0 Å². The van der Waals surface area contributed by atoms with Gasteiger partial charge in [0.15, 0.2) is 5.13 Å². The second-order valence-corrected chi connectivity index (χ2v) is 8.42. The molecule has 0 saturated carbocycles. The zero-order valence-corrected chi connectivity index (χ0v) is 17.8. The summed E-state index contributed by atoms with van der Waals surface area (Å²) in [6, 6.07) is 9.23. The number of anilines is 1. The number of piperidine rings is 1. The topological polar surface area (TPSA) is 74.3 Å². The fourth-order valence-electron chi connectivity index (χ4n) is 3.22. The highest BCUT2D eigenvalue weighted by Gasteiger charge is 2.20. The number of likely N-dealkylation sites (tertiary alicyclic amines) is 1. The molecular weight excluding hydrogens is 384 g/mol. The van der Waals surface area contributed by atoms with Crippen molar-refractivity contribution in [3.05, 3.63) is 58.6 Å². The number of carbonyl (C=O) groups excluding carboxylic acids is 2. The predicted molar refractivity (Wildman–Crippen MR) is 117 cm³/mol. The molecule has 1 aromatic heterocycles. The number of aromatic nitrogens is 1. The number of rotatable bonds is 7. The molecule has 2 aromatic rings. The van der Waals surface area contributed by atoms with Crippen molar-refractivity contribution in [1.29, 1.82) is 0 Å². The maximum absolute atomic E-state index is 12.4. The highest BCUT2D eigenvalue weighted by molar-refractivity contribution is 7.14. The maximum Gasteiger partial charge on any atom is 0.257 e. The van der Waals surface area contributed by atoms with Crippen molar-refractivity contribution in [2.45, 2.75) is 39.2 Å². The second kappa shape index (κ2) is 10.3. The Morgan fingerprint density at radius 2 is 1.93 bits per heavy atom. The molecule has 1 aliphatic rings. The summed E-state index contributed by atoms with van der Waals surface area (Å²) in [5.41, 5.74) is 2.60. The summed E-state index contributed by atoms with van der Waals surface area (Å²) >= 11 is 1.33. The molecule has 6 nitrogen and oxygen atoms in total. The summed E-state index contributed by atoms with van der Waals surface area (Å²) < 4.78 is 0. The van der Waals surface area contributed by atoms with Crippen molar-refractivity contribution in [2.75, 3.05) is 25.0 Å². The predicted octanol–water partition coefficient (Wildman–Crippen LogP) is 3.48. The van der Waals surface area contributed by atoms with Crippen molar-refractivity contribution in [2.24, 2.45) is 0 Å². The number of benzene rings is 1. The van der Waals surface area contributed by atoms with E-state index in [2.05, 4.69) is 40.4 Å². The van der Waals surface area contributed by atoms with Gasteiger partial charge in [0.2, 0.25) is 5.91 Å². The van der Waals surface area contributed by atoms with Crippen LogP contribution < -0.4 is 10.6 Å². The third kappa shape index (κ3) is 6.80. The van der Waals surface area contributed by atoms with Gasteiger partial charge in [-0.2, -0.15) is 0 Å². The summed E-state index contributed by atoms with van der Waals surface area (Å²) in [4.78, 5) is 31.3. The number of carbonyl (C=O) groups is 2. The molecule has 0 radical (unpaired) electrons. The van der Waals surface area contributed by atoms with Gasteiger partial charge in [-0.3, -0.25) is 19.8 Å². The van der Waals surface area contributed by atoms with E-state index in [0.717, 1.165) is 32.5 Å². The monoisotopic (exact) mass is 412 g/mol. The van der Waals surface area contributed by atoms with Gasteiger partial charge in [-0.05, 0) is 38.8 Å². The first-order chi connectivity index (χ1) is 14.0. The van der Waals surface area contributed by atoms with Gasteiger partial charge >= 0.3 is 0 Å². The molecule has 0 spiro atoms. The van der Waals surface area contributed by atoms with E-state index in [1.165, 1.54) is 16.9 Å². The number of nitrogens with one attached hydrogen (secondary N) is 2. The van der Waals surface area contributed by atoms with E-state index in [0.29, 0.717) is 16.4 Å². The fraction of sp³-hybridized carbons (Fsp3) is 0.409. The van der Waals surface area contributed by atoms with E-state index in [1.54, 1.807) is 12.1 Å². The molecule has 7 heteroatoms. The first-order valence-corrected chi connectivity index (χ1v) is 10.8. The molecule has 1 fully saturated rings. The molecule has 0 bridgehead atoms. The summed E-state index contributed by atoms with van der Waals surface area (Å²) in [6.45, 7) is 7.22. The second-order valence-electron chi connectivity index (χ2n) is 7.56. The first kappa shape index (κ1) is 21.2. The number of hydrogen-bond acceptors (Lipinski definition) is 5. The van der Waals surface area contributed by atoms with Crippen LogP contribution in [-0.2, 0) is 11.2 Å². The Hall–Kier alpha value is -2.51. The van der Waals surface area contributed by atoms with Gasteiger partial charge in [0.05, 0.1) is 12.1 Å². The average molecular weight is 413 g/mol. The van der Waals surface area contributed by atoms with Crippen LogP contribution in [0.4, 0.5) is 5.13 Å². The Balaban J connectivity index is 1.42. The van der Waals surface area contributed by atoms with Crippen LogP contribution in [0.1, 0.15) is 42.7 Å². The van der Waals surface area contributed by atoms with Crippen LogP contribution in [0.25, 0.3) is 0 Å². The Morgan fingerprint density at radius 1 is 1.21 bits per heavy atom. The van der Waals surface area contributed by atoms with Crippen molar-refractivity contribution in [3.8, 4) is 0 Å². The molecular formula is C22H28N4O2S. The number of nitrogens with zero attached hydrogens (tertiary/aromatic N) is 2. The summed E-state index contributed by atoms with van der Waals surface area (Å²) in [7, 11) is 0. The van der Waals surface area contributed by atoms with Crippen LogP contribution >= 0.6 is 11.3 Å². The van der Waals surface area contributed by atoms with E-state index < -0.39 is 0 Å². The van der Waals surface area contributed by atoms with Crippen LogP contribution in [0.5, 0.6) is 0 Å². The first-order valence-electron chi connectivity index (χ1n) is 9.95. The molecule has 0 aliphatic carbocycles. The van der Waals surface area contributed by atoms with Crippen LogP contribution in [0.3, 0.4) is 0 Å². The highest BCUT2D eigenvalue weighted by atomic mass is 32.1. The number of thiazole rings is 1. The lowest BCUT2D eigenvalue weighted by atomic mass is 10.0. The SMILES string of the molecule is CC(C)=CCN1CCC(NC(=O)Cc2csc(NC(=O)c3ccccc3)n2)CC1. The van der Waals surface area contributed by atoms with Gasteiger partial charge in [0.1, 0.15) is 0 Å². The Kier molecular flexibility index (Phi) is 7.55. The van der Waals surface area contributed by atoms with Crippen molar-refractivity contribution in [1.82, 2.24) is 15.2 Å². The number of allylic oxidation sites excluding steroid dienone is 1. The average Bonchev–Trinajstić information content (AvgIpc) is 3.14. The van der Waals surface area contributed by atoms with E-state index in [9.17, 15) is 9.59 Å². The lowest BCUT2D eigenvalue weighted by Gasteiger charge is -2.31. The number of hydrogen-bond donors (Lipinski definition) is 2. The molecule has 1 saturated heterocycles. The lowest BCUT2D eigenvalue weighted by molar-refractivity contribution is -0.121. The zero-order valence-electron chi connectivity index (χ0n) is 17.0. The van der Waals surface area contributed by atoms with E-state index in [-0.39, 0.29) is 24.3 Å². The van der Waals surface area contributed by atoms with Crippen molar-refractivity contribution in [3.63, 3.8) is 0 Å². The van der Waals surface area contributed by atoms with Crippen LogP contribution in [0.15, 0.2) is 47.4 Å². The normalized spacial score (nSPS) is 15.0. The van der Waals surface area contributed by atoms with Gasteiger partial charge in [-0.15, -0.1) is 11.3 Å². The third-order valence-electron chi connectivity index (χ3n) is 4.86. The number of amides is 2. The quantitative estimate of drug-likeness (QED) is 0.683. The molecule has 3 rings (SSSR count). The fourth-order valence-corrected chi connectivity index (χ4v) is 3.92. The summed E-state index contributed by atoms with van der Waals surface area (Å²) in [5, 5.41) is 8.24. The van der Waals surface area contributed by atoms with Gasteiger partial charge in [0.25, 0.3) is 5.91 Å².